The summed E-state index contributed by atoms with van der Waals surface area (Å²) in [6, 6.07) is 4.58. The Morgan fingerprint density at radius 2 is 1.97 bits per heavy atom. The lowest BCUT2D eigenvalue weighted by molar-refractivity contribution is -0.151. The van der Waals surface area contributed by atoms with Crippen LogP contribution in [0.15, 0.2) is 30.5 Å². The lowest BCUT2D eigenvalue weighted by Gasteiger charge is -2.28. The lowest BCUT2D eigenvalue weighted by atomic mass is 9.77. The Kier molecular flexibility index (Phi) is 6.40. The molecule has 0 bridgehead atoms. The van der Waals surface area contributed by atoms with E-state index in [2.05, 4.69) is 10.3 Å². The van der Waals surface area contributed by atoms with Gasteiger partial charge in [-0.25, -0.2) is 13.2 Å². The molecule has 0 saturated carbocycles. The van der Waals surface area contributed by atoms with Crippen LogP contribution in [0.25, 0.3) is 0 Å². The van der Waals surface area contributed by atoms with Crippen molar-refractivity contribution >= 4 is 17.5 Å². The monoisotopic (exact) mass is 455 g/mol. The van der Waals surface area contributed by atoms with Gasteiger partial charge < -0.3 is 20.5 Å². The van der Waals surface area contributed by atoms with E-state index in [-0.39, 0.29) is 16.9 Å². The first kappa shape index (κ1) is 23.5. The van der Waals surface area contributed by atoms with E-state index < -0.39 is 59.2 Å². The van der Waals surface area contributed by atoms with Gasteiger partial charge in [-0.2, -0.15) is 4.39 Å². The first-order valence-corrected chi connectivity index (χ1v) is 9.55. The molecule has 0 aliphatic carbocycles. The number of anilines is 1. The zero-order valence-electron chi connectivity index (χ0n) is 17.4. The van der Waals surface area contributed by atoms with E-state index in [0.29, 0.717) is 0 Å². The van der Waals surface area contributed by atoms with Gasteiger partial charge >= 0.3 is 0 Å². The normalized spacial score (nSPS) is 25.1. The highest BCUT2D eigenvalue weighted by molar-refractivity contribution is 5.97. The Morgan fingerprint density at radius 3 is 2.56 bits per heavy atom. The zero-order chi connectivity index (χ0) is 23.8. The molecular weight excluding hydrogens is 434 g/mol. The minimum Gasteiger partial charge on any atom is -0.493 e. The molecule has 0 unspecified atom stereocenters. The summed E-state index contributed by atoms with van der Waals surface area (Å²) in [5, 5.41) is 2.47. The quantitative estimate of drug-likeness (QED) is 0.651. The first-order valence-electron chi connectivity index (χ1n) is 9.55. The molecule has 0 radical (unpaired) electrons. The number of rotatable bonds is 6. The van der Waals surface area contributed by atoms with Crippen LogP contribution in [-0.2, 0) is 9.53 Å². The lowest BCUT2D eigenvalue weighted by Crippen LogP contribution is -2.40. The SMILES string of the molecule is COc1c([C@H]2[C@@H](C)[C@](C)(C(F)F)O[C@H]2C(=O)Nc2ccnc(C(N)=O)c2)ccc(F)c1F. The number of aromatic nitrogens is 1. The Bertz CT molecular complexity index is 1050. The summed E-state index contributed by atoms with van der Waals surface area (Å²) in [7, 11) is 1.10. The third-order valence-corrected chi connectivity index (χ3v) is 5.77. The van der Waals surface area contributed by atoms with Crippen molar-refractivity contribution in [2.75, 3.05) is 12.4 Å². The summed E-state index contributed by atoms with van der Waals surface area (Å²) in [5.74, 6) is -6.75. The van der Waals surface area contributed by atoms with Gasteiger partial charge in [0, 0.05) is 29.3 Å². The molecule has 1 aliphatic rings. The van der Waals surface area contributed by atoms with Crippen LogP contribution in [-0.4, -0.2) is 42.0 Å². The standard InChI is InChI=1S/C21H21F4N3O4/c1-9-14(11-4-5-12(22)15(23)16(11)31-3)17(32-21(9,2)20(24)25)19(30)28-10-6-7-27-13(8-10)18(26)29/h4-9,14,17,20H,1-3H3,(H2,26,29)(H,27,28,30)/t9-,14-,17-,21-/m1/s1. The molecular formula is C21H21F4N3O4. The van der Waals surface area contributed by atoms with E-state index in [1.807, 2.05) is 0 Å². The molecule has 2 aromatic rings. The number of hydrogen-bond donors (Lipinski definition) is 2. The van der Waals surface area contributed by atoms with Crippen LogP contribution in [0.1, 0.15) is 35.8 Å². The Hall–Kier alpha value is -3.21. The predicted octanol–water partition coefficient (Wildman–Crippen LogP) is 3.25. The third-order valence-electron chi connectivity index (χ3n) is 5.77. The predicted molar refractivity (Wildman–Crippen MR) is 105 cm³/mol. The minimum atomic E-state index is -2.98. The average Bonchev–Trinajstić information content (AvgIpc) is 3.02. The number of ether oxygens (including phenoxy) is 2. The number of nitrogens with one attached hydrogen (secondary N) is 1. The van der Waals surface area contributed by atoms with Gasteiger partial charge in [0.15, 0.2) is 11.6 Å². The highest BCUT2D eigenvalue weighted by atomic mass is 19.3. The highest BCUT2D eigenvalue weighted by Crippen LogP contribution is 2.51. The van der Waals surface area contributed by atoms with Crippen molar-refractivity contribution in [2.45, 2.75) is 37.9 Å². The van der Waals surface area contributed by atoms with E-state index in [4.69, 9.17) is 15.2 Å². The molecule has 3 N–H and O–H groups in total. The maximum atomic E-state index is 14.3. The van der Waals surface area contributed by atoms with Gasteiger partial charge in [0.05, 0.1) is 7.11 Å². The van der Waals surface area contributed by atoms with Gasteiger partial charge in [0.25, 0.3) is 18.2 Å². The van der Waals surface area contributed by atoms with Crippen molar-refractivity contribution in [1.29, 1.82) is 0 Å². The van der Waals surface area contributed by atoms with Crippen LogP contribution in [0.2, 0.25) is 0 Å². The van der Waals surface area contributed by atoms with Crippen molar-refractivity contribution in [3.8, 4) is 5.75 Å². The fourth-order valence-corrected chi connectivity index (χ4v) is 3.85. The molecule has 172 valence electrons. The number of hydrogen-bond acceptors (Lipinski definition) is 5. The molecule has 1 aromatic heterocycles. The fourth-order valence-electron chi connectivity index (χ4n) is 3.85. The molecule has 1 aliphatic heterocycles. The van der Waals surface area contributed by atoms with Gasteiger partial charge in [-0.3, -0.25) is 14.6 Å². The van der Waals surface area contributed by atoms with Crippen molar-refractivity contribution in [3.05, 3.63) is 53.4 Å². The minimum absolute atomic E-state index is 0.0102. The number of carbonyl (C=O) groups excluding carboxylic acids is 2. The van der Waals surface area contributed by atoms with E-state index in [1.54, 1.807) is 0 Å². The molecule has 4 atom stereocenters. The number of amides is 2. The molecule has 1 aromatic carbocycles. The van der Waals surface area contributed by atoms with Gasteiger partial charge in [-0.15, -0.1) is 0 Å². The number of alkyl halides is 2. The van der Waals surface area contributed by atoms with Crippen LogP contribution in [0, 0.1) is 17.6 Å². The molecule has 32 heavy (non-hydrogen) atoms. The van der Waals surface area contributed by atoms with Crippen LogP contribution in [0.3, 0.4) is 0 Å². The summed E-state index contributed by atoms with van der Waals surface area (Å²) in [5.41, 5.74) is 3.13. The summed E-state index contributed by atoms with van der Waals surface area (Å²) < 4.78 is 66.4. The molecule has 2 heterocycles. The smallest absolute Gasteiger partial charge is 0.267 e. The molecule has 3 rings (SSSR count). The zero-order valence-corrected chi connectivity index (χ0v) is 17.4. The first-order chi connectivity index (χ1) is 15.0. The van der Waals surface area contributed by atoms with Crippen molar-refractivity contribution in [3.63, 3.8) is 0 Å². The second-order valence-corrected chi connectivity index (χ2v) is 7.60. The molecule has 11 heteroatoms. The van der Waals surface area contributed by atoms with Gasteiger partial charge in [0.2, 0.25) is 5.82 Å². The van der Waals surface area contributed by atoms with Gasteiger partial charge in [-0.1, -0.05) is 13.0 Å². The molecule has 1 saturated heterocycles. The number of carbonyl (C=O) groups is 2. The van der Waals surface area contributed by atoms with Gasteiger partial charge in [-0.05, 0) is 25.1 Å². The van der Waals surface area contributed by atoms with Crippen molar-refractivity contribution in [2.24, 2.45) is 11.7 Å². The molecule has 7 nitrogen and oxygen atoms in total. The van der Waals surface area contributed by atoms with Crippen LogP contribution < -0.4 is 15.8 Å². The summed E-state index contributed by atoms with van der Waals surface area (Å²) >= 11 is 0. The summed E-state index contributed by atoms with van der Waals surface area (Å²) in [6.45, 7) is 2.58. The number of nitrogens with two attached hydrogens (primary N) is 1. The molecule has 1 fully saturated rings. The molecule has 0 spiro atoms. The number of benzene rings is 1. The molecule has 2 amide bonds. The van der Waals surface area contributed by atoms with Crippen molar-refractivity contribution < 1.29 is 36.6 Å². The number of nitrogens with zero attached hydrogens (tertiary/aromatic N) is 1. The van der Waals surface area contributed by atoms with Gasteiger partial charge in [0.1, 0.15) is 17.4 Å². The van der Waals surface area contributed by atoms with Crippen LogP contribution in [0.4, 0.5) is 23.2 Å². The number of pyridine rings is 1. The Balaban J connectivity index is 2.04. The second kappa shape index (κ2) is 8.73. The number of methoxy groups -OCH3 is 1. The highest BCUT2D eigenvalue weighted by Gasteiger charge is 2.58. The van der Waals surface area contributed by atoms with E-state index in [9.17, 15) is 27.2 Å². The maximum absolute atomic E-state index is 14.3. The third kappa shape index (κ3) is 3.99. The maximum Gasteiger partial charge on any atom is 0.267 e. The summed E-state index contributed by atoms with van der Waals surface area (Å²) in [4.78, 5) is 28.1. The average molecular weight is 455 g/mol. The largest absolute Gasteiger partial charge is 0.493 e. The number of primary amides is 1. The Morgan fingerprint density at radius 1 is 1.28 bits per heavy atom. The second-order valence-electron chi connectivity index (χ2n) is 7.60. The van der Waals surface area contributed by atoms with Crippen LogP contribution in [0.5, 0.6) is 5.75 Å². The van der Waals surface area contributed by atoms with Crippen molar-refractivity contribution in [1.82, 2.24) is 4.98 Å². The van der Waals surface area contributed by atoms with Crippen LogP contribution >= 0.6 is 0 Å². The van der Waals surface area contributed by atoms with E-state index in [0.717, 1.165) is 20.1 Å². The summed E-state index contributed by atoms with van der Waals surface area (Å²) in [6.07, 6.45) is -3.25. The number of halogens is 4. The van der Waals surface area contributed by atoms with E-state index in [1.165, 1.54) is 31.3 Å². The Labute approximate surface area is 180 Å². The van der Waals surface area contributed by atoms with E-state index >= 15 is 0 Å². The topological polar surface area (TPSA) is 104 Å². The fraction of sp³-hybridized carbons (Fsp3) is 0.381.